The van der Waals surface area contributed by atoms with E-state index >= 15 is 0 Å². The van der Waals surface area contributed by atoms with E-state index in [4.69, 9.17) is 11.6 Å². The third kappa shape index (κ3) is 3.64. The number of methoxy groups -OCH3 is 1. The molecule has 3 rings (SSSR count). The molecule has 0 aliphatic rings. The molecule has 3 heterocycles. The number of hydrogen-bond donors (Lipinski definition) is 1. The highest BCUT2D eigenvalue weighted by molar-refractivity contribution is 6.29. The summed E-state index contributed by atoms with van der Waals surface area (Å²) in [4.78, 5) is 28.1. The maximum Gasteiger partial charge on any atom is 0.356 e. The third-order valence-electron chi connectivity index (χ3n) is 3.09. The van der Waals surface area contributed by atoms with E-state index in [1.165, 1.54) is 13.3 Å². The highest BCUT2D eigenvalue weighted by atomic mass is 35.5. The molecule has 0 radical (unpaired) electrons. The zero-order chi connectivity index (χ0) is 16.9. The predicted octanol–water partition coefficient (Wildman–Crippen LogP) is 3.12. The Hall–Kier alpha value is -3.06. The van der Waals surface area contributed by atoms with Crippen LogP contribution >= 0.6 is 11.6 Å². The molecule has 3 aromatic rings. The van der Waals surface area contributed by atoms with E-state index in [0.29, 0.717) is 22.5 Å². The van der Waals surface area contributed by atoms with Crippen LogP contribution < -0.4 is 5.32 Å². The molecule has 7 nitrogen and oxygen atoms in total. The van der Waals surface area contributed by atoms with E-state index in [0.717, 1.165) is 5.56 Å². The summed E-state index contributed by atoms with van der Waals surface area (Å²) in [6.07, 6.45) is 4.76. The van der Waals surface area contributed by atoms with E-state index in [1.54, 1.807) is 36.7 Å². The molecule has 0 atom stereocenters. The average molecular weight is 342 g/mol. The van der Waals surface area contributed by atoms with Crippen LogP contribution in [0.3, 0.4) is 0 Å². The van der Waals surface area contributed by atoms with Gasteiger partial charge in [-0.1, -0.05) is 11.6 Å². The van der Waals surface area contributed by atoms with Crippen molar-refractivity contribution in [2.45, 2.75) is 0 Å². The van der Waals surface area contributed by atoms with Crippen LogP contribution in [0.15, 0.2) is 48.9 Å². The highest BCUT2D eigenvalue weighted by Crippen LogP contribution is 2.20. The summed E-state index contributed by atoms with van der Waals surface area (Å²) >= 11 is 5.79. The van der Waals surface area contributed by atoms with Crippen molar-refractivity contribution < 1.29 is 9.53 Å². The quantitative estimate of drug-likeness (QED) is 0.576. The summed E-state index contributed by atoms with van der Waals surface area (Å²) < 4.78 is 4.65. The van der Waals surface area contributed by atoms with Gasteiger partial charge >= 0.3 is 5.97 Å². The van der Waals surface area contributed by atoms with Crippen molar-refractivity contribution in [1.29, 1.82) is 0 Å². The summed E-state index contributed by atoms with van der Waals surface area (Å²) in [7, 11) is 1.30. The monoisotopic (exact) mass is 341 g/mol. The van der Waals surface area contributed by atoms with Gasteiger partial charge in [0, 0.05) is 29.8 Å². The van der Waals surface area contributed by atoms with E-state index in [2.05, 4.69) is 30.0 Å². The van der Waals surface area contributed by atoms with Crippen LogP contribution in [0.4, 0.5) is 11.6 Å². The second-order valence-corrected chi connectivity index (χ2v) is 5.07. The fourth-order valence-electron chi connectivity index (χ4n) is 1.96. The number of rotatable bonds is 4. The fourth-order valence-corrected chi connectivity index (χ4v) is 2.07. The number of aromatic nitrogens is 4. The molecule has 0 fully saturated rings. The summed E-state index contributed by atoms with van der Waals surface area (Å²) in [5, 5.41) is 3.44. The van der Waals surface area contributed by atoms with Crippen molar-refractivity contribution in [2.24, 2.45) is 0 Å². The molecular weight excluding hydrogens is 330 g/mol. The number of pyridine rings is 2. The Balaban J connectivity index is 1.85. The van der Waals surface area contributed by atoms with Gasteiger partial charge in [0.2, 0.25) is 5.95 Å². The zero-order valence-electron chi connectivity index (χ0n) is 12.6. The highest BCUT2D eigenvalue weighted by Gasteiger charge is 2.09. The largest absolute Gasteiger partial charge is 0.464 e. The van der Waals surface area contributed by atoms with Gasteiger partial charge < -0.3 is 10.1 Å². The van der Waals surface area contributed by atoms with Gasteiger partial charge in [-0.05, 0) is 30.3 Å². The van der Waals surface area contributed by atoms with Gasteiger partial charge in [-0.3, -0.25) is 0 Å². The first-order valence-corrected chi connectivity index (χ1v) is 7.30. The minimum atomic E-state index is -0.513. The van der Waals surface area contributed by atoms with Gasteiger partial charge in [0.1, 0.15) is 10.8 Å². The number of ether oxygens (including phenoxy) is 1. The summed E-state index contributed by atoms with van der Waals surface area (Å²) in [5.74, 6) is -0.134. The number of anilines is 2. The molecule has 0 bridgehead atoms. The van der Waals surface area contributed by atoms with E-state index in [-0.39, 0.29) is 5.69 Å². The van der Waals surface area contributed by atoms with Gasteiger partial charge in [-0.25, -0.2) is 24.7 Å². The molecule has 0 aromatic carbocycles. The molecule has 0 spiro atoms. The molecule has 8 heteroatoms. The molecule has 0 saturated heterocycles. The average Bonchev–Trinajstić information content (AvgIpc) is 2.62. The molecule has 0 aliphatic heterocycles. The number of halogens is 1. The Morgan fingerprint density at radius 2 is 1.96 bits per heavy atom. The summed E-state index contributed by atoms with van der Waals surface area (Å²) in [5.41, 5.74) is 2.33. The van der Waals surface area contributed by atoms with E-state index in [9.17, 15) is 4.79 Å². The fraction of sp³-hybridized carbons (Fsp3) is 0.0625. The number of carbonyl (C=O) groups excluding carboxylic acids is 1. The molecule has 0 unspecified atom stereocenters. The Labute approximate surface area is 142 Å². The first-order chi connectivity index (χ1) is 11.7. The number of nitrogens with one attached hydrogen (secondary N) is 1. The van der Waals surface area contributed by atoms with Gasteiger partial charge in [-0.15, -0.1) is 0 Å². The van der Waals surface area contributed by atoms with Gasteiger partial charge in [-0.2, -0.15) is 0 Å². The number of esters is 1. The lowest BCUT2D eigenvalue weighted by Crippen LogP contribution is -2.05. The maximum atomic E-state index is 11.5. The van der Waals surface area contributed by atoms with Crippen molar-refractivity contribution in [3.05, 3.63) is 59.8 Å². The number of carbonyl (C=O) groups is 1. The zero-order valence-corrected chi connectivity index (χ0v) is 13.4. The normalized spacial score (nSPS) is 10.2. The van der Waals surface area contributed by atoms with Crippen molar-refractivity contribution in [1.82, 2.24) is 19.9 Å². The first kappa shape index (κ1) is 15.8. The van der Waals surface area contributed by atoms with Crippen LogP contribution in [0.5, 0.6) is 0 Å². The molecule has 1 N–H and O–H groups in total. The Morgan fingerprint density at radius 1 is 1.12 bits per heavy atom. The Morgan fingerprint density at radius 3 is 2.71 bits per heavy atom. The van der Waals surface area contributed by atoms with Gasteiger partial charge in [0.15, 0.2) is 0 Å². The second kappa shape index (κ2) is 7.01. The lowest BCUT2D eigenvalue weighted by molar-refractivity contribution is 0.0594. The Bertz CT molecular complexity index is 870. The van der Waals surface area contributed by atoms with E-state index in [1.807, 2.05) is 6.07 Å². The first-order valence-electron chi connectivity index (χ1n) is 6.92. The van der Waals surface area contributed by atoms with Crippen molar-refractivity contribution in [3.8, 4) is 11.3 Å². The summed E-state index contributed by atoms with van der Waals surface area (Å²) in [6, 6.07) is 8.54. The summed E-state index contributed by atoms with van der Waals surface area (Å²) in [6.45, 7) is 0. The van der Waals surface area contributed by atoms with Crippen LogP contribution in [0.2, 0.25) is 5.15 Å². The van der Waals surface area contributed by atoms with Crippen molar-refractivity contribution >= 4 is 29.2 Å². The second-order valence-electron chi connectivity index (χ2n) is 4.68. The lowest BCUT2D eigenvalue weighted by Gasteiger charge is -2.07. The van der Waals surface area contributed by atoms with Crippen LogP contribution in [-0.2, 0) is 4.74 Å². The standard InChI is InChI=1S/C16H12ClN5O2/c1-24-15(23)13-8-11(4-6-18-13)21-16-19-7-5-12(22-16)10-2-3-14(17)20-9-10/h2-9H,1H3,(H,18,19,21,22). The van der Waals surface area contributed by atoms with Crippen molar-refractivity contribution in [3.63, 3.8) is 0 Å². The van der Waals surface area contributed by atoms with Crippen LogP contribution in [-0.4, -0.2) is 33.0 Å². The number of hydrogen-bond acceptors (Lipinski definition) is 7. The van der Waals surface area contributed by atoms with Crippen LogP contribution in [0.25, 0.3) is 11.3 Å². The predicted molar refractivity (Wildman–Crippen MR) is 89.1 cm³/mol. The third-order valence-corrected chi connectivity index (χ3v) is 3.31. The molecule has 0 saturated carbocycles. The lowest BCUT2D eigenvalue weighted by atomic mass is 10.2. The molecule has 0 aliphatic carbocycles. The van der Waals surface area contributed by atoms with Crippen LogP contribution in [0, 0.1) is 0 Å². The molecular formula is C16H12ClN5O2. The number of nitrogens with zero attached hydrogens (tertiary/aromatic N) is 4. The SMILES string of the molecule is COC(=O)c1cc(Nc2nccc(-c3ccc(Cl)nc3)n2)ccn1. The molecule has 24 heavy (non-hydrogen) atoms. The van der Waals surface area contributed by atoms with Crippen molar-refractivity contribution in [2.75, 3.05) is 12.4 Å². The van der Waals surface area contributed by atoms with Gasteiger partial charge in [0.25, 0.3) is 0 Å². The van der Waals surface area contributed by atoms with Crippen LogP contribution in [0.1, 0.15) is 10.5 Å². The molecule has 0 amide bonds. The van der Waals surface area contributed by atoms with E-state index < -0.39 is 5.97 Å². The minimum absolute atomic E-state index is 0.195. The molecule has 120 valence electrons. The minimum Gasteiger partial charge on any atom is -0.464 e. The molecule has 3 aromatic heterocycles. The maximum absolute atomic E-state index is 11.5. The topological polar surface area (TPSA) is 89.9 Å². The van der Waals surface area contributed by atoms with Gasteiger partial charge in [0.05, 0.1) is 12.8 Å². The Kier molecular flexibility index (Phi) is 4.62. The smallest absolute Gasteiger partial charge is 0.356 e.